The van der Waals surface area contributed by atoms with Gasteiger partial charge in [-0.25, -0.2) is 4.98 Å². The summed E-state index contributed by atoms with van der Waals surface area (Å²) in [6.45, 7) is 6.51. The van der Waals surface area contributed by atoms with Crippen molar-refractivity contribution in [1.29, 1.82) is 0 Å². The van der Waals surface area contributed by atoms with E-state index < -0.39 is 60.4 Å². The third kappa shape index (κ3) is 7.95. The van der Waals surface area contributed by atoms with E-state index >= 15 is 0 Å². The van der Waals surface area contributed by atoms with Gasteiger partial charge >= 0.3 is 0 Å². The maximum atomic E-state index is 9.04. The van der Waals surface area contributed by atoms with Crippen LogP contribution in [0, 0.1) is 18.5 Å². The largest absolute Gasteiger partial charge is 0.510 e. The van der Waals surface area contributed by atoms with Crippen molar-refractivity contribution >= 4 is 21.8 Å². The smallest absolute Gasteiger partial charge is 0.272 e. The number of hydrogen-bond acceptors (Lipinski definition) is 3. The molecule has 11 aromatic rings. The Morgan fingerprint density at radius 3 is 1.92 bits per heavy atom. The molecule has 8 aromatic carbocycles. The maximum absolute atomic E-state index is 9.04. The minimum absolute atomic E-state index is 0. The molecule has 11 rings (SSSR count). The van der Waals surface area contributed by atoms with Gasteiger partial charge in [-0.15, -0.1) is 34.9 Å². The maximum Gasteiger partial charge on any atom is 0.272 e. The Morgan fingerprint density at radius 2 is 1.24 bits per heavy atom. The van der Waals surface area contributed by atoms with Crippen LogP contribution in [0.15, 0.2) is 206 Å². The molecule has 0 unspecified atom stereocenters. The molecule has 3 heterocycles. The fourth-order valence-corrected chi connectivity index (χ4v) is 8.17. The van der Waals surface area contributed by atoms with E-state index in [0.29, 0.717) is 28.6 Å². The molecule has 322 valence electrons. The van der Waals surface area contributed by atoms with E-state index in [4.69, 9.17) is 28.5 Å². The molecular weight excluding hydrogens is 990 g/mol. The molecule has 7 heteroatoms. The summed E-state index contributed by atoms with van der Waals surface area (Å²) in [4.78, 5) is 4.89. The molecule has 0 atom stereocenters. The molecule has 3 aromatic heterocycles. The quantitative estimate of drug-likeness (QED) is 0.107. The summed E-state index contributed by atoms with van der Waals surface area (Å²) in [5.74, 6) is 1.76. The van der Waals surface area contributed by atoms with Gasteiger partial charge in [-0.2, -0.15) is 16.8 Å². The molecule has 0 bridgehead atoms. The molecule has 6 nitrogen and oxygen atoms in total. The Morgan fingerprint density at radius 1 is 0.606 bits per heavy atom. The molecular formula is C59H43N5OPt-2. The van der Waals surface area contributed by atoms with Crippen LogP contribution in [0.25, 0.3) is 83.8 Å². The Balaban J connectivity index is 0.00000657. The topological polar surface area (TPSA) is 48.8 Å². The number of aromatic nitrogens is 5. The van der Waals surface area contributed by atoms with Crippen molar-refractivity contribution in [2.45, 2.75) is 26.2 Å². The van der Waals surface area contributed by atoms with E-state index in [9.17, 15) is 0 Å². The predicted octanol–water partition coefficient (Wildman–Crippen LogP) is 13.8. The second-order valence-electron chi connectivity index (χ2n) is 16.4. The second-order valence-corrected chi connectivity index (χ2v) is 16.4. The molecule has 0 spiro atoms. The molecule has 66 heavy (non-hydrogen) atoms. The second kappa shape index (κ2) is 17.7. The summed E-state index contributed by atoms with van der Waals surface area (Å²) >= 11 is 0. The van der Waals surface area contributed by atoms with Crippen molar-refractivity contribution in [2.24, 2.45) is 0 Å². The molecule has 0 aliphatic heterocycles. The van der Waals surface area contributed by atoms with Crippen molar-refractivity contribution in [2.75, 3.05) is 0 Å². The SMILES string of the molecule is [2H]c1c([2H])c([2H])c(-c2cccc(-c3c([2H])c([2H])c([2H])c([2H])c3[2H])c2-[n+]2[c-]n(-c3[c-]c(Oc4[c-]c5c(c(-c6ccccc6)c4)c4ccccc4n5-c4cc(C(C)(C)C)ccn4)ccc3)c(-c3ccccc3)n2)c([2H])c1[2H].[Pt]. The summed E-state index contributed by atoms with van der Waals surface area (Å²) in [6.07, 6.45) is 5.14. The third-order valence-corrected chi connectivity index (χ3v) is 11.2. The first kappa shape index (κ1) is 32.1. The van der Waals surface area contributed by atoms with E-state index in [1.165, 1.54) is 10.7 Å². The fraction of sp³-hybridized carbons (Fsp3) is 0.0678. The molecule has 0 amide bonds. The van der Waals surface area contributed by atoms with Gasteiger partial charge in [0.25, 0.3) is 6.33 Å². The van der Waals surface area contributed by atoms with Crippen molar-refractivity contribution in [3.63, 3.8) is 0 Å². The number of ether oxygens (including phenoxy) is 1. The fourth-order valence-electron chi connectivity index (χ4n) is 8.17. The molecule has 0 saturated heterocycles. The first-order valence-corrected chi connectivity index (χ1v) is 21.0. The first-order valence-electron chi connectivity index (χ1n) is 26.0. The number of rotatable bonds is 9. The zero-order valence-corrected chi connectivity index (χ0v) is 38.1. The van der Waals surface area contributed by atoms with Gasteiger partial charge in [-0.1, -0.05) is 195 Å². The Bertz CT molecular complexity index is 3960. The summed E-state index contributed by atoms with van der Waals surface area (Å²) < 4.78 is 99.1. The molecule has 0 saturated carbocycles. The number of benzene rings is 8. The van der Waals surface area contributed by atoms with Gasteiger partial charge < -0.3 is 13.9 Å². The summed E-state index contributed by atoms with van der Waals surface area (Å²) in [7, 11) is 0. The van der Waals surface area contributed by atoms with Crippen LogP contribution in [0.4, 0.5) is 0 Å². The van der Waals surface area contributed by atoms with E-state index in [2.05, 4.69) is 74.1 Å². The van der Waals surface area contributed by atoms with Crippen molar-refractivity contribution < 1.29 is 44.2 Å². The summed E-state index contributed by atoms with van der Waals surface area (Å²) in [5, 5.41) is 7.05. The normalized spacial score (nSPS) is 13.6. The number of pyridine rings is 1. The van der Waals surface area contributed by atoms with Crippen LogP contribution in [0.2, 0.25) is 0 Å². The van der Waals surface area contributed by atoms with E-state index in [-0.39, 0.29) is 54.4 Å². The monoisotopic (exact) mass is 1040 g/mol. The van der Waals surface area contributed by atoms with Crippen LogP contribution >= 0.6 is 0 Å². The van der Waals surface area contributed by atoms with Gasteiger partial charge in [-0.3, -0.25) is 0 Å². The Kier molecular flexibility index (Phi) is 8.61. The van der Waals surface area contributed by atoms with Gasteiger partial charge in [0.1, 0.15) is 5.82 Å². The Labute approximate surface area is 413 Å². The number of para-hydroxylation sites is 2. The molecule has 0 radical (unpaired) electrons. The van der Waals surface area contributed by atoms with Crippen LogP contribution in [0.1, 0.15) is 40.0 Å². The summed E-state index contributed by atoms with van der Waals surface area (Å²) in [5.41, 5.74) is 5.39. The van der Waals surface area contributed by atoms with E-state index in [0.717, 1.165) is 44.3 Å². The average Bonchev–Trinajstić information content (AvgIpc) is 4.05. The number of hydrogen-bond donors (Lipinski definition) is 0. The van der Waals surface area contributed by atoms with Crippen molar-refractivity contribution in [1.82, 2.24) is 19.2 Å². The van der Waals surface area contributed by atoms with Crippen LogP contribution < -0.4 is 9.42 Å². The van der Waals surface area contributed by atoms with Crippen LogP contribution in [-0.4, -0.2) is 19.2 Å². The van der Waals surface area contributed by atoms with E-state index in [1.807, 2.05) is 79.0 Å². The molecule has 0 aliphatic rings. The molecule has 0 fully saturated rings. The minimum Gasteiger partial charge on any atom is -0.510 e. The molecule has 0 aliphatic carbocycles. The van der Waals surface area contributed by atoms with Crippen LogP contribution in [0.5, 0.6) is 11.5 Å². The first-order chi connectivity index (χ1) is 36.0. The average molecular weight is 1040 g/mol. The zero-order chi connectivity index (χ0) is 52.6. The van der Waals surface area contributed by atoms with Gasteiger partial charge in [0, 0.05) is 49.8 Å². The number of nitrogens with zero attached hydrogens (tertiary/aromatic N) is 5. The van der Waals surface area contributed by atoms with Crippen LogP contribution in [0.3, 0.4) is 0 Å². The van der Waals surface area contributed by atoms with Crippen molar-refractivity contribution in [3.05, 3.63) is 230 Å². The van der Waals surface area contributed by atoms with Gasteiger partial charge in [-0.05, 0) is 62.4 Å². The van der Waals surface area contributed by atoms with E-state index in [1.54, 1.807) is 34.9 Å². The van der Waals surface area contributed by atoms with Gasteiger partial charge in [0.2, 0.25) is 0 Å². The minimum atomic E-state index is -0.594. The van der Waals surface area contributed by atoms with Gasteiger partial charge in [0.15, 0.2) is 5.82 Å². The third-order valence-electron chi connectivity index (χ3n) is 11.2. The van der Waals surface area contributed by atoms with Gasteiger partial charge in [0.05, 0.1) is 19.4 Å². The predicted molar refractivity (Wildman–Crippen MR) is 261 cm³/mol. The molecule has 0 N–H and O–H groups in total. The Hall–Kier alpha value is -7.66. The van der Waals surface area contributed by atoms with Crippen molar-refractivity contribution in [3.8, 4) is 73.5 Å². The number of fused-ring (bicyclic) bond motifs is 3. The standard InChI is InChI=1S/C59H43N5O.Pt/c1-59(2,3)45-34-35-60-55(36-45)64-53-33-17-16-30-51(53)56-52(43-24-12-6-13-25-43)38-48(39-54(56)64)65-47-29-18-28-46(37-47)62-40-63(61-58(62)44-26-14-7-15-27-44)57-49(41-20-8-4-9-21-41)31-19-32-50(57)42-22-10-5-11-23-42;/h4-36,38H,1-3H3;/q-2;/i4D,5D,8D,9D,10D,11D,20D,21D,22D,23D;. The van der Waals surface area contributed by atoms with Crippen LogP contribution in [-0.2, 0) is 26.5 Å². The zero-order valence-electron chi connectivity index (χ0n) is 45.8. The summed E-state index contributed by atoms with van der Waals surface area (Å²) in [6, 6.07) is 45.1.